The largest absolute Gasteiger partial charge is 0.451 e. The molecule has 2 fully saturated rings. The lowest BCUT2D eigenvalue weighted by Gasteiger charge is -2.52. The van der Waals surface area contributed by atoms with Crippen molar-refractivity contribution in [1.82, 2.24) is 0 Å². The Morgan fingerprint density at radius 2 is 1.74 bits per heavy atom. The summed E-state index contributed by atoms with van der Waals surface area (Å²) in [4.78, 5) is 40.1. The van der Waals surface area contributed by atoms with Crippen molar-refractivity contribution in [3.05, 3.63) is 52.6 Å². The number of Topliss-reactive ketones (excluding diaryl/α,β-unsaturated/α-hetero) is 1. The normalized spacial score (nSPS) is 33.9. The molecule has 4 aliphatic carbocycles. The van der Waals surface area contributed by atoms with Crippen molar-refractivity contribution < 1.29 is 19.1 Å². The van der Waals surface area contributed by atoms with Crippen LogP contribution in [0.5, 0.6) is 0 Å². The number of nitrogens with zero attached hydrogens (tertiary/aromatic N) is 1. The molecule has 5 rings (SSSR count). The second-order valence-corrected chi connectivity index (χ2v) is 11.5. The molecule has 35 heavy (non-hydrogen) atoms. The summed E-state index contributed by atoms with van der Waals surface area (Å²) in [6, 6.07) is 8.36. The fourth-order valence-electron chi connectivity index (χ4n) is 7.88. The number of fused-ring (bicyclic) bond motifs is 4. The van der Waals surface area contributed by atoms with Gasteiger partial charge >= 0.3 is 5.97 Å². The Morgan fingerprint density at radius 3 is 2.37 bits per heavy atom. The molecule has 186 valence electrons. The fraction of sp³-hybridized carbons (Fsp3) is 0.567. The van der Waals surface area contributed by atoms with E-state index in [1.807, 2.05) is 20.2 Å². The number of carbonyl (C=O) groups excluding carboxylic acids is 3. The zero-order valence-electron chi connectivity index (χ0n) is 21.6. The minimum atomic E-state index is -1.00. The molecule has 0 saturated heterocycles. The van der Waals surface area contributed by atoms with Gasteiger partial charge in [-0.2, -0.15) is 0 Å². The van der Waals surface area contributed by atoms with E-state index in [-0.39, 0.29) is 28.9 Å². The molecule has 5 atom stereocenters. The maximum absolute atomic E-state index is 13.1. The minimum Gasteiger partial charge on any atom is -0.451 e. The van der Waals surface area contributed by atoms with E-state index in [0.29, 0.717) is 18.3 Å². The number of allylic oxidation sites excluding steroid dienone is 4. The van der Waals surface area contributed by atoms with E-state index < -0.39 is 5.60 Å². The van der Waals surface area contributed by atoms with Gasteiger partial charge in [0.25, 0.3) is 0 Å². The van der Waals surface area contributed by atoms with Crippen LogP contribution in [-0.2, 0) is 19.1 Å². The van der Waals surface area contributed by atoms with Gasteiger partial charge in [-0.05, 0) is 98.6 Å². The Kier molecular flexibility index (Phi) is 5.81. The lowest BCUT2D eigenvalue weighted by molar-refractivity contribution is -0.181. The molecule has 1 aromatic rings. The van der Waals surface area contributed by atoms with Crippen molar-refractivity contribution in [3.63, 3.8) is 0 Å². The molecule has 1 unspecified atom stereocenters. The van der Waals surface area contributed by atoms with Gasteiger partial charge in [0.05, 0.1) is 5.92 Å². The maximum atomic E-state index is 13.1. The van der Waals surface area contributed by atoms with Gasteiger partial charge in [0.1, 0.15) is 0 Å². The highest BCUT2D eigenvalue weighted by Crippen LogP contribution is 2.65. The summed E-state index contributed by atoms with van der Waals surface area (Å²) in [5.74, 6) is 0.406. The zero-order valence-corrected chi connectivity index (χ0v) is 21.6. The number of anilines is 1. The molecule has 0 aliphatic heterocycles. The number of ketones is 2. The van der Waals surface area contributed by atoms with Crippen LogP contribution in [0.4, 0.5) is 5.69 Å². The molecule has 0 bridgehead atoms. The molecule has 4 aliphatic rings. The van der Waals surface area contributed by atoms with Crippen LogP contribution in [0.1, 0.15) is 77.2 Å². The second-order valence-electron chi connectivity index (χ2n) is 11.5. The predicted molar refractivity (Wildman–Crippen MR) is 136 cm³/mol. The fourth-order valence-corrected chi connectivity index (χ4v) is 7.88. The van der Waals surface area contributed by atoms with Crippen molar-refractivity contribution >= 4 is 23.2 Å². The minimum absolute atomic E-state index is 0.0188. The van der Waals surface area contributed by atoms with Crippen LogP contribution in [0.15, 0.2) is 47.1 Å². The molecule has 5 nitrogen and oxygen atoms in total. The first-order chi connectivity index (χ1) is 16.6. The van der Waals surface area contributed by atoms with Gasteiger partial charge in [0, 0.05) is 32.1 Å². The molecule has 0 amide bonds. The lowest BCUT2D eigenvalue weighted by Crippen LogP contribution is -2.55. The van der Waals surface area contributed by atoms with E-state index in [0.717, 1.165) is 49.8 Å². The van der Waals surface area contributed by atoms with Gasteiger partial charge in [-0.15, -0.1) is 0 Å². The Balaban J connectivity index is 1.49. The first-order valence-corrected chi connectivity index (χ1v) is 13.0. The van der Waals surface area contributed by atoms with Crippen LogP contribution >= 0.6 is 0 Å². The van der Waals surface area contributed by atoms with Crippen LogP contribution in [-0.4, -0.2) is 37.2 Å². The summed E-state index contributed by atoms with van der Waals surface area (Å²) in [6.07, 6.45) is 7.85. The number of ether oxygens (including phenoxy) is 1. The Labute approximate surface area is 208 Å². The van der Waals surface area contributed by atoms with Crippen molar-refractivity contribution in [1.29, 1.82) is 0 Å². The molecular weight excluding hydrogens is 438 g/mol. The highest BCUT2D eigenvalue weighted by atomic mass is 16.6. The van der Waals surface area contributed by atoms with E-state index in [1.54, 1.807) is 6.92 Å². The molecule has 1 aromatic carbocycles. The summed E-state index contributed by atoms with van der Waals surface area (Å²) >= 11 is 0. The third-order valence-electron chi connectivity index (χ3n) is 9.66. The Morgan fingerprint density at radius 1 is 1.03 bits per heavy atom. The van der Waals surface area contributed by atoms with E-state index in [1.165, 1.54) is 23.6 Å². The SMILES string of the molecule is CC(=O)O[C@]1(C(C)=O)CC[C@H]2[C@@H]3CCC4=CC(=O)C(c5ccc(N(C)C)cc5)CC4=C3CC[C@@]21C. The Hall–Kier alpha value is -2.69. The van der Waals surface area contributed by atoms with Crippen molar-refractivity contribution in [2.24, 2.45) is 17.3 Å². The highest BCUT2D eigenvalue weighted by molar-refractivity contribution is 5.98. The predicted octanol–water partition coefficient (Wildman–Crippen LogP) is 5.54. The summed E-state index contributed by atoms with van der Waals surface area (Å²) in [5.41, 5.74) is 4.97. The van der Waals surface area contributed by atoms with Gasteiger partial charge in [0.15, 0.2) is 17.2 Å². The quantitative estimate of drug-likeness (QED) is 0.535. The molecule has 2 saturated carbocycles. The summed E-state index contributed by atoms with van der Waals surface area (Å²) in [6.45, 7) is 5.19. The van der Waals surface area contributed by atoms with Gasteiger partial charge in [0.2, 0.25) is 0 Å². The average molecular weight is 476 g/mol. The molecule has 0 aromatic heterocycles. The van der Waals surface area contributed by atoms with Gasteiger partial charge in [-0.1, -0.05) is 24.6 Å². The monoisotopic (exact) mass is 475 g/mol. The Bertz CT molecular complexity index is 1140. The number of hydrogen-bond acceptors (Lipinski definition) is 5. The van der Waals surface area contributed by atoms with E-state index in [9.17, 15) is 14.4 Å². The van der Waals surface area contributed by atoms with Crippen molar-refractivity contribution in [2.45, 2.75) is 77.2 Å². The van der Waals surface area contributed by atoms with Crippen LogP contribution in [0.2, 0.25) is 0 Å². The van der Waals surface area contributed by atoms with Gasteiger partial charge < -0.3 is 9.64 Å². The number of rotatable bonds is 4. The summed E-state index contributed by atoms with van der Waals surface area (Å²) in [7, 11) is 4.04. The number of hydrogen-bond donors (Lipinski definition) is 0. The topological polar surface area (TPSA) is 63.7 Å². The zero-order chi connectivity index (χ0) is 25.1. The van der Waals surface area contributed by atoms with Gasteiger partial charge in [-0.25, -0.2) is 0 Å². The molecule has 5 heteroatoms. The number of esters is 1. The number of carbonyl (C=O) groups is 3. The smallest absolute Gasteiger partial charge is 0.303 e. The van der Waals surface area contributed by atoms with Gasteiger partial charge in [-0.3, -0.25) is 14.4 Å². The van der Waals surface area contributed by atoms with Crippen LogP contribution < -0.4 is 4.90 Å². The van der Waals surface area contributed by atoms with Crippen molar-refractivity contribution in [2.75, 3.05) is 19.0 Å². The molecule has 0 radical (unpaired) electrons. The number of benzene rings is 1. The van der Waals surface area contributed by atoms with E-state index in [2.05, 4.69) is 36.1 Å². The standard InChI is InChI=1S/C30H37NO4/c1-18(32)30(35-19(2)33)15-13-27-24-11-8-21-16-28(34)26(20-6-9-22(10-7-20)31(4)5)17-25(21)23(24)12-14-29(27,30)3/h6-7,9-10,16,24,26-27H,8,11-15,17H2,1-5H3/t24-,26?,27+,29+,30+/m1/s1. The van der Waals surface area contributed by atoms with E-state index >= 15 is 0 Å². The maximum Gasteiger partial charge on any atom is 0.303 e. The molecule has 0 heterocycles. The molecular formula is C30H37NO4. The van der Waals surface area contributed by atoms with Crippen LogP contribution in [0, 0.1) is 17.3 Å². The molecule has 0 N–H and O–H groups in total. The van der Waals surface area contributed by atoms with Crippen LogP contribution in [0.25, 0.3) is 0 Å². The second kappa shape index (κ2) is 8.46. The lowest BCUT2D eigenvalue weighted by atomic mass is 9.54. The molecule has 0 spiro atoms. The summed E-state index contributed by atoms with van der Waals surface area (Å²) < 4.78 is 5.87. The third-order valence-corrected chi connectivity index (χ3v) is 9.66. The third kappa shape index (κ3) is 3.61. The van der Waals surface area contributed by atoms with Crippen LogP contribution in [0.3, 0.4) is 0 Å². The average Bonchev–Trinajstić information content (AvgIpc) is 3.11. The van der Waals surface area contributed by atoms with E-state index in [4.69, 9.17) is 4.74 Å². The highest BCUT2D eigenvalue weighted by Gasteiger charge is 2.65. The first kappa shape index (κ1) is 24.0. The first-order valence-electron chi connectivity index (χ1n) is 13.0. The summed E-state index contributed by atoms with van der Waals surface area (Å²) in [5, 5.41) is 0. The van der Waals surface area contributed by atoms with Crippen molar-refractivity contribution in [3.8, 4) is 0 Å².